The lowest BCUT2D eigenvalue weighted by Crippen LogP contribution is -2.60. The van der Waals surface area contributed by atoms with Gasteiger partial charge in [-0.2, -0.15) is 0 Å². The van der Waals surface area contributed by atoms with Gasteiger partial charge in [-0.1, -0.05) is 177 Å². The Labute approximate surface area is 425 Å². The maximum atomic E-state index is 9.51. The van der Waals surface area contributed by atoms with E-state index in [2.05, 4.69) is 180 Å². The minimum Gasteiger partial charge on any atom is -0.440 e. The summed E-state index contributed by atoms with van der Waals surface area (Å²) in [6.45, 7) is 32.6. The number of rotatable bonds is 4. The summed E-state index contributed by atoms with van der Waals surface area (Å²) < 4.78 is 101. The summed E-state index contributed by atoms with van der Waals surface area (Å²) in [7, 11) is 0. The highest BCUT2D eigenvalue weighted by atomic mass is 16.4. The van der Waals surface area contributed by atoms with E-state index in [1.807, 2.05) is 12.1 Å². The molecule has 0 aliphatic carbocycles. The lowest BCUT2D eigenvalue weighted by Gasteiger charge is -2.41. The summed E-state index contributed by atoms with van der Waals surface area (Å²) in [5, 5.41) is 2.40. The van der Waals surface area contributed by atoms with Gasteiger partial charge in [0, 0.05) is 44.5 Å². The number of nitrogens with zero attached hydrogens (tertiary/aromatic N) is 3. The second-order valence-electron chi connectivity index (χ2n) is 24.5. The molecule has 0 spiro atoms. The van der Waals surface area contributed by atoms with Crippen LogP contribution in [0, 0.1) is 0 Å². The van der Waals surface area contributed by atoms with E-state index in [1.165, 1.54) is 16.0 Å². The number of hydrogen-bond donors (Lipinski definition) is 0. The second kappa shape index (κ2) is 15.0. The molecule has 9 aromatic rings. The molecule has 11 rings (SSSR count). The van der Waals surface area contributed by atoms with Crippen molar-refractivity contribution in [2.45, 2.75) is 131 Å². The van der Waals surface area contributed by atoms with Crippen molar-refractivity contribution >= 4 is 79.2 Å². The van der Waals surface area contributed by atoms with Crippen molar-refractivity contribution in [3.8, 4) is 16.8 Å². The van der Waals surface area contributed by atoms with Gasteiger partial charge >= 0.3 is 6.85 Å². The van der Waals surface area contributed by atoms with Crippen LogP contribution in [0.5, 0.6) is 0 Å². The minimum atomic E-state index is -0.628. The molecule has 0 bridgehead atoms. The zero-order valence-corrected chi connectivity index (χ0v) is 42.8. The quantitative estimate of drug-likeness (QED) is 0.164. The summed E-state index contributed by atoms with van der Waals surface area (Å²) in [5.74, 6) is 0.696. The number of para-hydroxylation sites is 2. The molecule has 0 unspecified atom stereocenters. The molecule has 348 valence electrons. The Morgan fingerprint density at radius 1 is 0.536 bits per heavy atom. The fourth-order valence-corrected chi connectivity index (χ4v) is 10.6. The van der Waals surface area contributed by atoms with Crippen molar-refractivity contribution in [1.82, 2.24) is 4.57 Å². The van der Waals surface area contributed by atoms with Gasteiger partial charge in [-0.25, -0.2) is 0 Å². The zero-order chi connectivity index (χ0) is 57.6. The van der Waals surface area contributed by atoms with Gasteiger partial charge in [0.1, 0.15) is 5.58 Å². The first kappa shape index (κ1) is 34.8. The summed E-state index contributed by atoms with van der Waals surface area (Å²) in [5.41, 5.74) is 12.0. The number of furan rings is 1. The number of benzene rings is 7. The van der Waals surface area contributed by atoms with Crippen LogP contribution in [-0.2, 0) is 27.1 Å². The Hall–Kier alpha value is -6.46. The Morgan fingerprint density at radius 2 is 1.09 bits per heavy atom. The molecule has 0 atom stereocenters. The average molecular weight is 916 g/mol. The topological polar surface area (TPSA) is 24.6 Å². The molecule has 4 nitrogen and oxygen atoms in total. The first-order chi connectivity index (χ1) is 36.5. The molecule has 2 aromatic heterocycles. The van der Waals surface area contributed by atoms with Crippen LogP contribution < -0.4 is 20.6 Å². The minimum absolute atomic E-state index is 0.134. The molecule has 0 saturated heterocycles. The number of fused-ring (bicyclic) bond motifs is 9. The van der Waals surface area contributed by atoms with Crippen LogP contribution in [0.15, 0.2) is 144 Å². The van der Waals surface area contributed by atoms with Crippen molar-refractivity contribution in [3.63, 3.8) is 0 Å². The third-order valence-corrected chi connectivity index (χ3v) is 14.5. The fraction of sp³-hybridized carbons (Fsp3) is 0.312. The van der Waals surface area contributed by atoms with E-state index in [9.17, 15) is 5.48 Å². The molecular weight excluding hydrogens is 838 g/mol. The molecule has 0 amide bonds. The van der Waals surface area contributed by atoms with E-state index in [1.54, 1.807) is 0 Å². The third kappa shape index (κ3) is 7.08. The molecular formula is C64H68BN3O. The van der Waals surface area contributed by atoms with Crippen LogP contribution in [0.1, 0.15) is 145 Å². The van der Waals surface area contributed by atoms with E-state index in [0.717, 1.165) is 77.5 Å². The average Bonchev–Trinajstić information content (AvgIpc) is 3.97. The Morgan fingerprint density at radius 3 is 1.65 bits per heavy atom. The zero-order valence-electron chi connectivity index (χ0n) is 52.8. The highest BCUT2D eigenvalue weighted by molar-refractivity contribution is 6.93. The van der Waals surface area contributed by atoms with Crippen LogP contribution >= 0.6 is 0 Å². The highest BCUT2D eigenvalue weighted by Gasteiger charge is 2.48. The fourth-order valence-electron chi connectivity index (χ4n) is 10.6. The third-order valence-electron chi connectivity index (χ3n) is 14.5. The predicted octanol–water partition coefficient (Wildman–Crippen LogP) is 16.7. The number of aromatic nitrogens is 1. The second-order valence-corrected chi connectivity index (χ2v) is 24.5. The predicted molar refractivity (Wildman–Crippen MR) is 298 cm³/mol. The maximum Gasteiger partial charge on any atom is 0.336 e. The van der Waals surface area contributed by atoms with Crippen molar-refractivity contribution in [2.75, 3.05) is 9.71 Å². The van der Waals surface area contributed by atoms with E-state index in [-0.39, 0.29) is 44.1 Å². The van der Waals surface area contributed by atoms with E-state index < -0.39 is 67.3 Å². The van der Waals surface area contributed by atoms with Crippen LogP contribution in [0.2, 0.25) is 0 Å². The van der Waals surface area contributed by atoms with Gasteiger partial charge in [-0.15, -0.1) is 0 Å². The lowest BCUT2D eigenvalue weighted by atomic mass is 9.44. The highest BCUT2D eigenvalue weighted by Crippen LogP contribution is 2.53. The molecule has 5 heteroatoms. The SMILES string of the molecule is [2H]c1c([2H])c([2H])c(N(c2c([2H])c([2H])c([2H])c([2H])c2[2H])c2ccc3c4c2c2cc(C(C)(C)C)ccc2n4-c2cc(C(C)(C)C)cc4c2B3N(c2ccc(C(C)(C)C)cc2)c2oc3c(C(C)(C)C)cc(C(C)(C)C)cc3c2-4)c([2H])c1[2H]. The molecule has 4 heterocycles. The summed E-state index contributed by atoms with van der Waals surface area (Å²) >= 11 is 0. The van der Waals surface area contributed by atoms with E-state index in [0.29, 0.717) is 11.3 Å². The van der Waals surface area contributed by atoms with Gasteiger partial charge in [-0.05, 0) is 132 Å². The molecule has 0 saturated carbocycles. The molecule has 69 heavy (non-hydrogen) atoms. The maximum absolute atomic E-state index is 9.51. The molecule has 2 aliphatic heterocycles. The first-order valence-electron chi connectivity index (χ1n) is 29.3. The van der Waals surface area contributed by atoms with Crippen molar-refractivity contribution < 1.29 is 18.1 Å². The Kier molecular flexibility index (Phi) is 7.57. The molecule has 0 N–H and O–H groups in total. The normalized spacial score (nSPS) is 16.0. The molecule has 0 fully saturated rings. The molecule has 2 aliphatic rings. The molecule has 7 aromatic carbocycles. The lowest BCUT2D eigenvalue weighted by molar-refractivity contribution is 0.552. The van der Waals surface area contributed by atoms with Crippen molar-refractivity contribution in [3.05, 3.63) is 167 Å². The Bertz CT molecular complexity index is 3990. The van der Waals surface area contributed by atoms with Gasteiger partial charge in [0.15, 0.2) is 5.88 Å². The number of anilines is 5. The van der Waals surface area contributed by atoms with Crippen LogP contribution in [0.3, 0.4) is 0 Å². The summed E-state index contributed by atoms with van der Waals surface area (Å²) in [6.07, 6.45) is 0. The largest absolute Gasteiger partial charge is 0.440 e. The van der Waals surface area contributed by atoms with Gasteiger partial charge in [-0.3, -0.25) is 0 Å². The standard InChI is InChI=1S/C64H68BN3O/c1-60(2,3)39-26-29-45(30-27-39)68-59-54(48-36-41(62(7,8)9)37-49(58(48)69-59)64(13,14)15)47-35-42(63(10,11)12)38-53-56(47)65(68)50-31-33-52(66(43-22-18-16-19-23-43)44-24-20-17-21-25-44)55-46-34-40(61(4,5)6)28-32-51(46)67(53)57(50)55/h16-38H,1-15H3/i16D,17D,18D,19D,20D,21D,22D,23D,24D,25D. The number of hydrogen-bond acceptors (Lipinski definition) is 3. The smallest absolute Gasteiger partial charge is 0.336 e. The van der Waals surface area contributed by atoms with Crippen molar-refractivity contribution in [2.24, 2.45) is 0 Å². The molecule has 0 radical (unpaired) electrons. The Balaban J connectivity index is 1.39. The van der Waals surface area contributed by atoms with Gasteiger partial charge < -0.3 is 18.7 Å². The van der Waals surface area contributed by atoms with Crippen LogP contribution in [0.25, 0.3) is 49.6 Å². The van der Waals surface area contributed by atoms with Crippen LogP contribution in [-0.4, -0.2) is 11.4 Å². The van der Waals surface area contributed by atoms with Crippen LogP contribution in [0.4, 0.5) is 28.6 Å². The van der Waals surface area contributed by atoms with Gasteiger partial charge in [0.2, 0.25) is 0 Å². The van der Waals surface area contributed by atoms with E-state index >= 15 is 0 Å². The summed E-state index contributed by atoms with van der Waals surface area (Å²) in [4.78, 5) is 3.66. The van der Waals surface area contributed by atoms with Gasteiger partial charge in [0.25, 0.3) is 0 Å². The van der Waals surface area contributed by atoms with Crippen molar-refractivity contribution in [1.29, 1.82) is 0 Å². The summed E-state index contributed by atoms with van der Waals surface area (Å²) in [6, 6.07) is 22.2. The first-order valence-corrected chi connectivity index (χ1v) is 24.3. The van der Waals surface area contributed by atoms with Gasteiger partial charge in [0.05, 0.1) is 36.0 Å². The van der Waals surface area contributed by atoms with E-state index in [4.69, 9.17) is 12.6 Å². The monoisotopic (exact) mass is 916 g/mol.